The highest BCUT2D eigenvalue weighted by atomic mass is 19.1. The normalized spacial score (nSPS) is 20.1. The Morgan fingerprint density at radius 1 is 1.30 bits per heavy atom. The number of carbonyl (C=O) groups is 2. The molecule has 0 spiro atoms. The maximum atomic E-state index is 13.7. The first kappa shape index (κ1) is 20.0. The smallest absolute Gasteiger partial charge is 0.276 e. The van der Waals surface area contributed by atoms with Gasteiger partial charge in [-0.15, -0.1) is 0 Å². The van der Waals surface area contributed by atoms with Crippen molar-refractivity contribution in [3.63, 3.8) is 0 Å². The van der Waals surface area contributed by atoms with E-state index in [1.54, 1.807) is 0 Å². The van der Waals surface area contributed by atoms with Crippen LogP contribution in [0.25, 0.3) is 0 Å². The number of amides is 2. The van der Waals surface area contributed by atoms with Crippen molar-refractivity contribution in [3.8, 4) is 5.75 Å². The minimum atomic E-state index is -0.816. The topological polar surface area (TPSA) is 101 Å². The highest BCUT2D eigenvalue weighted by molar-refractivity contribution is 5.96. The molecule has 10 heteroatoms. The van der Waals surface area contributed by atoms with Crippen LogP contribution in [0.3, 0.4) is 0 Å². The second kappa shape index (κ2) is 7.52. The van der Waals surface area contributed by atoms with Crippen LogP contribution in [0.15, 0.2) is 29.2 Å². The van der Waals surface area contributed by atoms with Crippen molar-refractivity contribution in [1.82, 2.24) is 14.8 Å². The summed E-state index contributed by atoms with van der Waals surface area (Å²) in [5, 5.41) is 12.8. The molecule has 1 aromatic carbocycles. The van der Waals surface area contributed by atoms with Gasteiger partial charge >= 0.3 is 0 Å². The first-order chi connectivity index (χ1) is 14.3. The summed E-state index contributed by atoms with van der Waals surface area (Å²) in [5.41, 5.74) is -0.872. The van der Waals surface area contributed by atoms with E-state index in [0.29, 0.717) is 12.7 Å². The molecule has 1 aromatic heterocycles. The molecule has 158 valence electrons. The number of aromatic hydroxyl groups is 1. The van der Waals surface area contributed by atoms with Gasteiger partial charge in [0.15, 0.2) is 17.7 Å². The van der Waals surface area contributed by atoms with Crippen molar-refractivity contribution in [3.05, 3.63) is 63.1 Å². The summed E-state index contributed by atoms with van der Waals surface area (Å²) in [7, 11) is 0. The van der Waals surface area contributed by atoms with E-state index in [1.165, 1.54) is 21.7 Å². The molecule has 1 saturated heterocycles. The van der Waals surface area contributed by atoms with Gasteiger partial charge in [-0.05, 0) is 13.0 Å². The maximum absolute atomic E-state index is 13.7. The molecule has 2 amide bonds. The van der Waals surface area contributed by atoms with Gasteiger partial charge in [0.05, 0.1) is 25.6 Å². The number of nitrogens with zero attached hydrogens (tertiary/aromatic N) is 2. The zero-order chi connectivity index (χ0) is 21.6. The van der Waals surface area contributed by atoms with E-state index >= 15 is 0 Å². The van der Waals surface area contributed by atoms with Gasteiger partial charge in [0, 0.05) is 29.9 Å². The summed E-state index contributed by atoms with van der Waals surface area (Å²) in [6.45, 7) is 2.19. The van der Waals surface area contributed by atoms with E-state index in [0.717, 1.165) is 6.07 Å². The minimum Gasteiger partial charge on any atom is -0.503 e. The Labute approximate surface area is 169 Å². The number of halogens is 2. The lowest BCUT2D eigenvalue weighted by Crippen LogP contribution is -2.48. The molecule has 2 aliphatic rings. The molecule has 1 fully saturated rings. The Morgan fingerprint density at radius 3 is 2.80 bits per heavy atom. The van der Waals surface area contributed by atoms with Crippen molar-refractivity contribution >= 4 is 11.8 Å². The fraction of sp³-hybridized carbons (Fsp3) is 0.350. The van der Waals surface area contributed by atoms with Crippen molar-refractivity contribution in [2.45, 2.75) is 38.7 Å². The number of hydrogen-bond donors (Lipinski definition) is 2. The molecule has 2 N–H and O–H groups in total. The van der Waals surface area contributed by atoms with Crippen LogP contribution in [0, 0.1) is 11.6 Å². The Kier molecular flexibility index (Phi) is 5.02. The van der Waals surface area contributed by atoms with Gasteiger partial charge in [0.25, 0.3) is 5.91 Å². The Morgan fingerprint density at radius 2 is 2.07 bits per heavy atom. The van der Waals surface area contributed by atoms with E-state index < -0.39 is 40.9 Å². The van der Waals surface area contributed by atoms with Gasteiger partial charge in [-0.3, -0.25) is 14.4 Å². The maximum Gasteiger partial charge on any atom is 0.276 e. The highest BCUT2D eigenvalue weighted by Gasteiger charge is 2.42. The van der Waals surface area contributed by atoms with Crippen molar-refractivity contribution in [2.24, 2.45) is 0 Å². The first-order valence-electron chi connectivity index (χ1n) is 9.36. The lowest BCUT2D eigenvalue weighted by Gasteiger charge is -2.33. The molecule has 3 heterocycles. The van der Waals surface area contributed by atoms with Crippen molar-refractivity contribution < 1.29 is 28.2 Å². The van der Waals surface area contributed by atoms with Crippen LogP contribution in [0.4, 0.5) is 8.78 Å². The van der Waals surface area contributed by atoms with E-state index in [4.69, 9.17) is 4.74 Å². The predicted molar refractivity (Wildman–Crippen MR) is 99.6 cm³/mol. The highest BCUT2D eigenvalue weighted by Crippen LogP contribution is 2.29. The van der Waals surface area contributed by atoms with Crippen molar-refractivity contribution in [1.29, 1.82) is 0 Å². The number of ether oxygens (including phenoxy) is 1. The summed E-state index contributed by atoms with van der Waals surface area (Å²) in [6, 6.07) is 2.82. The predicted octanol–water partition coefficient (Wildman–Crippen LogP) is 0.892. The molecular weight excluding hydrogens is 400 g/mol. The average Bonchev–Trinajstić information content (AvgIpc) is 3.06. The van der Waals surface area contributed by atoms with Gasteiger partial charge in [0.1, 0.15) is 11.6 Å². The molecule has 2 atom stereocenters. The summed E-state index contributed by atoms with van der Waals surface area (Å²) in [5.74, 6) is -3.34. The quantitative estimate of drug-likeness (QED) is 0.767. The van der Waals surface area contributed by atoms with Crippen molar-refractivity contribution in [2.75, 3.05) is 6.61 Å². The molecule has 0 saturated carbocycles. The van der Waals surface area contributed by atoms with Gasteiger partial charge in [-0.25, -0.2) is 8.78 Å². The lowest BCUT2D eigenvalue weighted by atomic mass is 10.1. The van der Waals surface area contributed by atoms with E-state index in [2.05, 4.69) is 5.32 Å². The fourth-order valence-corrected chi connectivity index (χ4v) is 3.75. The first-order valence-corrected chi connectivity index (χ1v) is 9.36. The fourth-order valence-electron chi connectivity index (χ4n) is 3.75. The number of nitrogens with one attached hydrogen (secondary N) is 1. The molecule has 2 aromatic rings. The number of fused-ring (bicyclic) bond motifs is 2. The Balaban J connectivity index is 1.53. The van der Waals surface area contributed by atoms with Gasteiger partial charge < -0.3 is 24.6 Å². The monoisotopic (exact) mass is 419 g/mol. The second-order valence-electron chi connectivity index (χ2n) is 7.37. The van der Waals surface area contributed by atoms with Gasteiger partial charge in [0.2, 0.25) is 11.3 Å². The number of hydrogen-bond acceptors (Lipinski definition) is 5. The average molecular weight is 419 g/mol. The molecule has 0 aliphatic carbocycles. The van der Waals surface area contributed by atoms with Crippen LogP contribution < -0.4 is 10.7 Å². The van der Waals surface area contributed by atoms with E-state index in [9.17, 15) is 28.3 Å². The summed E-state index contributed by atoms with van der Waals surface area (Å²) < 4.78 is 33.6. The molecule has 0 unspecified atom stereocenters. The molecule has 4 rings (SSSR count). The number of benzene rings is 1. The van der Waals surface area contributed by atoms with E-state index in [-0.39, 0.29) is 42.4 Å². The molecule has 30 heavy (non-hydrogen) atoms. The largest absolute Gasteiger partial charge is 0.503 e. The molecule has 0 radical (unpaired) electrons. The van der Waals surface area contributed by atoms with Crippen LogP contribution in [-0.4, -0.2) is 45.3 Å². The summed E-state index contributed by atoms with van der Waals surface area (Å²) in [4.78, 5) is 39.0. The third kappa shape index (κ3) is 3.43. The van der Waals surface area contributed by atoms with Gasteiger partial charge in [-0.2, -0.15) is 0 Å². The minimum absolute atomic E-state index is 0.0133. The zero-order valence-corrected chi connectivity index (χ0v) is 16.0. The third-order valence-electron chi connectivity index (χ3n) is 5.28. The molecular formula is C20H19F2N3O5. The summed E-state index contributed by atoms with van der Waals surface area (Å²) >= 11 is 0. The van der Waals surface area contributed by atoms with Crippen LogP contribution in [0.2, 0.25) is 0 Å². The number of pyridine rings is 1. The summed E-state index contributed by atoms with van der Waals surface area (Å²) in [6.07, 6.45) is 0.469. The van der Waals surface area contributed by atoms with E-state index in [1.807, 2.05) is 6.92 Å². The molecule has 0 bridgehead atoms. The second-order valence-corrected chi connectivity index (χ2v) is 7.37. The third-order valence-corrected chi connectivity index (χ3v) is 5.28. The molecule has 8 nitrogen and oxygen atoms in total. The standard InChI is InChI=1S/C20H19F2N3O5/c1-10-9-30-16-8-24-7-12(18(27)19(28)17(24)20(29)25(10)16)4-15(26)23-6-11-2-3-13(21)5-14(11)22/h2-3,5,7,10,16,28H,4,6,8-9H2,1H3,(H,23,26)/t10-,16+/m0/s1. The Bertz CT molecular complexity index is 1100. The SMILES string of the molecule is C[C@H]1CO[C@@H]2Cn3cc(CC(=O)NCc4ccc(F)cc4F)c(=O)c(O)c3C(=O)N12. The van der Waals surface area contributed by atoms with Crippen LogP contribution in [0.5, 0.6) is 5.75 Å². The molecule has 2 aliphatic heterocycles. The number of aromatic nitrogens is 1. The van der Waals surface area contributed by atoms with Crippen LogP contribution in [0.1, 0.15) is 28.5 Å². The van der Waals surface area contributed by atoms with Gasteiger partial charge in [-0.1, -0.05) is 6.07 Å². The van der Waals surface area contributed by atoms with Crippen LogP contribution >= 0.6 is 0 Å². The zero-order valence-electron chi connectivity index (χ0n) is 16.0. The Hall–Kier alpha value is -3.27. The number of rotatable bonds is 4. The number of carbonyl (C=O) groups excluding carboxylic acids is 2. The van der Waals surface area contributed by atoms with Crippen LogP contribution in [-0.2, 0) is 29.0 Å². The lowest BCUT2D eigenvalue weighted by molar-refractivity contribution is -0.120.